The molecular formula is C17H26N2O4. The highest BCUT2D eigenvalue weighted by molar-refractivity contribution is 5.92. The molecule has 1 aromatic carbocycles. The molecular weight excluding hydrogens is 296 g/mol. The summed E-state index contributed by atoms with van der Waals surface area (Å²) >= 11 is 0. The van der Waals surface area contributed by atoms with Crippen molar-refractivity contribution in [2.75, 3.05) is 5.01 Å². The molecule has 6 heteroatoms. The molecule has 0 bridgehead atoms. The standard InChI is InChI=1S/C17H26N2O4/c1-10(2)22-16(20)18-19(17(21)23-11(3)4)15-13(6)8-12(5)9-14(15)7/h8-11H,1-7H3,(H,18,20). The van der Waals surface area contributed by atoms with Crippen LogP contribution < -0.4 is 10.4 Å². The molecule has 0 aliphatic rings. The second-order valence-electron chi connectivity index (χ2n) is 6.08. The van der Waals surface area contributed by atoms with E-state index in [-0.39, 0.29) is 12.2 Å². The molecule has 0 saturated heterocycles. The molecule has 1 N–H and O–H groups in total. The fraction of sp³-hybridized carbons (Fsp3) is 0.529. The minimum absolute atomic E-state index is 0.293. The Morgan fingerprint density at radius 1 is 0.957 bits per heavy atom. The SMILES string of the molecule is Cc1cc(C)c(N(NC(=O)OC(C)C)C(=O)OC(C)C)c(C)c1. The Morgan fingerprint density at radius 2 is 1.43 bits per heavy atom. The van der Waals surface area contributed by atoms with Crippen LogP contribution in [0.1, 0.15) is 44.4 Å². The zero-order valence-electron chi connectivity index (χ0n) is 14.9. The number of amides is 2. The van der Waals surface area contributed by atoms with Gasteiger partial charge < -0.3 is 9.47 Å². The van der Waals surface area contributed by atoms with Crippen molar-refractivity contribution in [2.24, 2.45) is 0 Å². The quantitative estimate of drug-likeness (QED) is 0.854. The lowest BCUT2D eigenvalue weighted by atomic mass is 10.0. The average molecular weight is 322 g/mol. The van der Waals surface area contributed by atoms with Crippen molar-refractivity contribution in [1.82, 2.24) is 5.43 Å². The molecule has 0 radical (unpaired) electrons. The predicted octanol–water partition coefficient (Wildman–Crippen LogP) is 4.01. The van der Waals surface area contributed by atoms with Crippen LogP contribution in [0, 0.1) is 20.8 Å². The summed E-state index contributed by atoms with van der Waals surface area (Å²) < 4.78 is 10.3. The highest BCUT2D eigenvalue weighted by Gasteiger charge is 2.25. The fourth-order valence-corrected chi connectivity index (χ4v) is 2.30. The zero-order chi connectivity index (χ0) is 17.7. The second kappa shape index (κ2) is 7.85. The van der Waals surface area contributed by atoms with E-state index in [1.165, 1.54) is 0 Å². The minimum atomic E-state index is -0.708. The molecule has 0 heterocycles. The molecule has 0 aliphatic carbocycles. The van der Waals surface area contributed by atoms with Crippen LogP contribution in [0.15, 0.2) is 12.1 Å². The molecule has 0 spiro atoms. The molecule has 0 aromatic heterocycles. The van der Waals surface area contributed by atoms with Gasteiger partial charge in [-0.05, 0) is 59.6 Å². The number of benzene rings is 1. The summed E-state index contributed by atoms with van der Waals surface area (Å²) in [6, 6.07) is 3.88. The Bertz CT molecular complexity index is 559. The molecule has 0 atom stereocenters. The largest absolute Gasteiger partial charge is 0.446 e. The molecule has 0 fully saturated rings. The van der Waals surface area contributed by atoms with Gasteiger partial charge in [-0.2, -0.15) is 5.01 Å². The lowest BCUT2D eigenvalue weighted by molar-refractivity contribution is 0.103. The van der Waals surface area contributed by atoms with E-state index in [0.29, 0.717) is 5.69 Å². The van der Waals surface area contributed by atoms with Crippen LogP contribution in [0.2, 0.25) is 0 Å². The van der Waals surface area contributed by atoms with Crippen molar-refractivity contribution in [2.45, 2.75) is 60.7 Å². The topological polar surface area (TPSA) is 67.9 Å². The van der Waals surface area contributed by atoms with Crippen molar-refractivity contribution < 1.29 is 19.1 Å². The number of carbonyl (C=O) groups excluding carboxylic acids is 2. The van der Waals surface area contributed by atoms with Crippen molar-refractivity contribution >= 4 is 17.9 Å². The average Bonchev–Trinajstić information content (AvgIpc) is 2.34. The normalized spacial score (nSPS) is 10.7. The van der Waals surface area contributed by atoms with Gasteiger partial charge in [-0.3, -0.25) is 0 Å². The highest BCUT2D eigenvalue weighted by atomic mass is 16.6. The van der Waals surface area contributed by atoms with Crippen LogP contribution in [0.25, 0.3) is 0 Å². The fourth-order valence-electron chi connectivity index (χ4n) is 2.30. The first kappa shape index (κ1) is 18.8. The molecule has 1 aromatic rings. The third-order valence-electron chi connectivity index (χ3n) is 2.92. The van der Waals surface area contributed by atoms with Crippen LogP contribution in [-0.2, 0) is 9.47 Å². The van der Waals surface area contributed by atoms with E-state index in [2.05, 4.69) is 5.43 Å². The molecule has 128 valence electrons. The summed E-state index contributed by atoms with van der Waals surface area (Å²) in [7, 11) is 0. The maximum atomic E-state index is 12.4. The van der Waals surface area contributed by atoms with E-state index in [1.54, 1.807) is 27.7 Å². The molecule has 0 aliphatic heterocycles. The van der Waals surface area contributed by atoms with Crippen molar-refractivity contribution in [3.8, 4) is 0 Å². The lowest BCUT2D eigenvalue weighted by Gasteiger charge is -2.27. The second-order valence-corrected chi connectivity index (χ2v) is 6.08. The Kier molecular flexibility index (Phi) is 6.42. The third-order valence-corrected chi connectivity index (χ3v) is 2.92. The van der Waals surface area contributed by atoms with Gasteiger partial charge in [0.2, 0.25) is 0 Å². The van der Waals surface area contributed by atoms with Crippen molar-refractivity contribution in [3.63, 3.8) is 0 Å². The van der Waals surface area contributed by atoms with Crippen LogP contribution >= 0.6 is 0 Å². The minimum Gasteiger partial charge on any atom is -0.446 e. The smallest absolute Gasteiger partial charge is 0.433 e. The number of carbonyl (C=O) groups is 2. The summed E-state index contributed by atoms with van der Waals surface area (Å²) in [6.07, 6.45) is -1.96. The van der Waals surface area contributed by atoms with Gasteiger partial charge in [0.1, 0.15) is 0 Å². The van der Waals surface area contributed by atoms with Crippen LogP contribution in [0.4, 0.5) is 15.3 Å². The zero-order valence-corrected chi connectivity index (χ0v) is 14.9. The van der Waals surface area contributed by atoms with Gasteiger partial charge in [-0.15, -0.1) is 0 Å². The number of hydrazine groups is 1. The Morgan fingerprint density at radius 3 is 1.87 bits per heavy atom. The maximum absolute atomic E-state index is 12.4. The van der Waals surface area contributed by atoms with E-state index in [1.807, 2.05) is 32.9 Å². The van der Waals surface area contributed by atoms with Crippen molar-refractivity contribution in [3.05, 3.63) is 28.8 Å². The molecule has 2 amide bonds. The summed E-state index contributed by atoms with van der Waals surface area (Å²) in [4.78, 5) is 24.3. The first-order valence-corrected chi connectivity index (χ1v) is 7.67. The monoisotopic (exact) mass is 322 g/mol. The van der Waals surface area contributed by atoms with Gasteiger partial charge >= 0.3 is 12.2 Å². The summed E-state index contributed by atoms with van der Waals surface area (Å²) in [5, 5.41) is 1.11. The number of nitrogens with one attached hydrogen (secondary N) is 1. The molecule has 0 unspecified atom stereocenters. The van der Waals surface area contributed by atoms with Gasteiger partial charge in [0.15, 0.2) is 0 Å². The number of hydrogen-bond acceptors (Lipinski definition) is 4. The number of aryl methyl sites for hydroxylation is 3. The van der Waals surface area contributed by atoms with E-state index in [4.69, 9.17) is 9.47 Å². The Labute approximate surface area is 137 Å². The van der Waals surface area contributed by atoms with Gasteiger partial charge in [0.25, 0.3) is 0 Å². The molecule has 23 heavy (non-hydrogen) atoms. The summed E-state index contributed by atoms with van der Waals surface area (Å²) in [5.41, 5.74) is 5.84. The van der Waals surface area contributed by atoms with E-state index in [0.717, 1.165) is 21.7 Å². The van der Waals surface area contributed by atoms with Gasteiger partial charge in [0.05, 0.1) is 17.9 Å². The van der Waals surface area contributed by atoms with Gasteiger partial charge in [-0.1, -0.05) is 17.7 Å². The molecule has 0 saturated carbocycles. The first-order chi connectivity index (χ1) is 10.6. The first-order valence-electron chi connectivity index (χ1n) is 7.67. The third kappa shape index (κ3) is 5.47. The highest BCUT2D eigenvalue weighted by Crippen LogP contribution is 2.26. The number of anilines is 1. The van der Waals surface area contributed by atoms with E-state index < -0.39 is 12.2 Å². The number of nitrogens with zero attached hydrogens (tertiary/aromatic N) is 1. The van der Waals surface area contributed by atoms with Crippen LogP contribution in [0.5, 0.6) is 0 Å². The summed E-state index contributed by atoms with van der Waals surface area (Å²) in [5.74, 6) is 0. The Balaban J connectivity index is 3.19. The molecule has 1 rings (SSSR count). The van der Waals surface area contributed by atoms with E-state index >= 15 is 0 Å². The summed E-state index contributed by atoms with van der Waals surface area (Å²) in [6.45, 7) is 12.7. The van der Waals surface area contributed by atoms with Gasteiger partial charge in [-0.25, -0.2) is 15.0 Å². The van der Waals surface area contributed by atoms with Crippen molar-refractivity contribution in [1.29, 1.82) is 0 Å². The number of rotatable bonds is 3. The number of ether oxygens (including phenoxy) is 2. The van der Waals surface area contributed by atoms with E-state index in [9.17, 15) is 9.59 Å². The predicted molar refractivity (Wildman–Crippen MR) is 89.5 cm³/mol. The van der Waals surface area contributed by atoms with Gasteiger partial charge in [0, 0.05) is 0 Å². The Hall–Kier alpha value is -2.24. The van der Waals surface area contributed by atoms with Crippen LogP contribution in [-0.4, -0.2) is 24.4 Å². The molecule has 6 nitrogen and oxygen atoms in total. The van der Waals surface area contributed by atoms with Crippen LogP contribution in [0.3, 0.4) is 0 Å². The lowest BCUT2D eigenvalue weighted by Crippen LogP contribution is -2.48. The maximum Gasteiger partial charge on any atom is 0.433 e. The number of hydrogen-bond donors (Lipinski definition) is 1.